The summed E-state index contributed by atoms with van der Waals surface area (Å²) in [5, 5.41) is 0. The van der Waals surface area contributed by atoms with Gasteiger partial charge in [0.15, 0.2) is 0 Å². The number of allylic oxidation sites excluding steroid dienone is 1. The van der Waals surface area contributed by atoms with E-state index < -0.39 is 27.4 Å². The number of rotatable bonds is 22. The van der Waals surface area contributed by atoms with Crippen molar-refractivity contribution in [2.45, 2.75) is 441 Å². The van der Waals surface area contributed by atoms with Crippen LogP contribution in [0.5, 0.6) is 0 Å². The second-order valence-electron chi connectivity index (χ2n) is 44.7. The van der Waals surface area contributed by atoms with Gasteiger partial charge in [-0.15, -0.1) is 0 Å². The van der Waals surface area contributed by atoms with Crippen LogP contribution in [-0.4, -0.2) is 93.6 Å². The molecule has 12 rings (SSSR count). The number of esters is 8. The van der Waals surface area contributed by atoms with E-state index in [-0.39, 0.29) is 116 Å². The molecule has 16 heteroatoms. The summed E-state index contributed by atoms with van der Waals surface area (Å²) in [7, 11) is 0. The molecule has 16 nitrogen and oxygen atoms in total. The molecular weight excluding hydrogens is 1410 g/mol. The quantitative estimate of drug-likeness (QED) is 0.0560. The lowest BCUT2D eigenvalue weighted by molar-refractivity contribution is -0.222. The molecule has 8 unspecified atom stereocenters. The first kappa shape index (κ1) is 98.1. The molecule has 0 aliphatic heterocycles. The van der Waals surface area contributed by atoms with E-state index in [9.17, 15) is 38.4 Å². The van der Waals surface area contributed by atoms with Crippen molar-refractivity contribution in [1.82, 2.24) is 0 Å². The molecule has 0 amide bonds. The molecule has 1 spiro atoms. The average Bonchev–Trinajstić information content (AvgIpc) is 1.47. The van der Waals surface area contributed by atoms with Crippen LogP contribution in [0.3, 0.4) is 0 Å². The van der Waals surface area contributed by atoms with E-state index in [4.69, 9.17) is 37.9 Å². The summed E-state index contributed by atoms with van der Waals surface area (Å²) in [5.41, 5.74) is -4.52. The number of ether oxygens (including phenoxy) is 8. The molecule has 0 aromatic heterocycles. The maximum absolute atomic E-state index is 13.0. The van der Waals surface area contributed by atoms with Crippen LogP contribution >= 0.6 is 0 Å². The van der Waals surface area contributed by atoms with Gasteiger partial charge in [0, 0.05) is 18.8 Å². The molecule has 10 bridgehead atoms. The number of fused-ring (bicyclic) bond motifs is 1. The second-order valence-corrected chi connectivity index (χ2v) is 44.7. The van der Waals surface area contributed by atoms with E-state index in [1.807, 2.05) is 187 Å². The van der Waals surface area contributed by atoms with E-state index in [1.165, 1.54) is 64.2 Å². The minimum Gasteiger partial charge on any atom is -0.465 e. The van der Waals surface area contributed by atoms with Crippen molar-refractivity contribution >= 4 is 47.8 Å². The molecule has 0 saturated heterocycles. The van der Waals surface area contributed by atoms with Gasteiger partial charge in [0.05, 0.1) is 44.3 Å². The third kappa shape index (κ3) is 24.1. The highest BCUT2D eigenvalue weighted by Gasteiger charge is 2.70. The summed E-state index contributed by atoms with van der Waals surface area (Å²) in [5.74, 6) is 4.96. The molecule has 0 aromatic rings. The first-order valence-electron chi connectivity index (χ1n) is 44.4. The molecule has 0 N–H and O–H groups in total. The van der Waals surface area contributed by atoms with E-state index in [0.717, 1.165) is 120 Å². The summed E-state index contributed by atoms with van der Waals surface area (Å²) in [6.45, 7) is 66.4. The number of hydrogen-bond donors (Lipinski definition) is 0. The highest BCUT2D eigenvalue weighted by atomic mass is 16.6. The van der Waals surface area contributed by atoms with Crippen LogP contribution in [0.2, 0.25) is 0 Å². The monoisotopic (exact) mass is 1580 g/mol. The largest absolute Gasteiger partial charge is 0.465 e. The normalized spacial score (nSPS) is 31.9. The fourth-order valence-corrected chi connectivity index (χ4v) is 19.7. The Balaban J connectivity index is 0.000000246. The van der Waals surface area contributed by atoms with Crippen LogP contribution in [0.4, 0.5) is 0 Å². The zero-order chi connectivity index (χ0) is 85.7. The molecule has 12 aliphatic carbocycles. The van der Waals surface area contributed by atoms with Gasteiger partial charge >= 0.3 is 47.8 Å². The van der Waals surface area contributed by atoms with Gasteiger partial charge in [0.1, 0.15) is 45.8 Å². The SMILES string of the molecule is CCC(C)(C)C(=O)OC(C)(C)C.CCC(C)(C)C(=O)OC1(C)CC=CCC1.CCC(C)(C)C(=O)OC1(C)CCC23CC1C(C)(C)C2CCC3C.CCC(C)(C)C(=O)OC12CC3CC(C1)CC(C(=O)OC(C)(C)C)(C3)C2.CCC(C)(C)C(=O)OCCC(=O)OC1(C)C2CC3CC(C2)CC1C3.CCC(C)(C)OC(=O)C(C)(C)CC. The lowest BCUT2D eigenvalue weighted by Gasteiger charge is -2.60. The third-order valence-electron chi connectivity index (χ3n) is 30.0. The van der Waals surface area contributed by atoms with Gasteiger partial charge in [-0.25, -0.2) is 0 Å². The molecular formula is C96H166O16. The van der Waals surface area contributed by atoms with E-state index in [2.05, 4.69) is 53.7 Å². The maximum Gasteiger partial charge on any atom is 0.312 e. The fourth-order valence-electron chi connectivity index (χ4n) is 19.7. The molecule has 11 saturated carbocycles. The number of carbonyl (C=O) groups is 8. The van der Waals surface area contributed by atoms with Gasteiger partial charge in [0.2, 0.25) is 0 Å². The van der Waals surface area contributed by atoms with Crippen LogP contribution < -0.4 is 0 Å². The van der Waals surface area contributed by atoms with Gasteiger partial charge in [-0.2, -0.15) is 0 Å². The van der Waals surface area contributed by atoms with Gasteiger partial charge in [-0.1, -0.05) is 81.4 Å². The molecule has 112 heavy (non-hydrogen) atoms. The Bertz CT molecular complexity index is 3210. The summed E-state index contributed by atoms with van der Waals surface area (Å²) in [6, 6.07) is 0. The Morgan fingerprint density at radius 1 is 0.411 bits per heavy atom. The minimum atomic E-state index is -0.489. The molecule has 0 radical (unpaired) electrons. The molecule has 8 atom stereocenters. The molecule has 12 aliphatic rings. The lowest BCUT2D eigenvalue weighted by Crippen LogP contribution is -2.61. The Labute approximate surface area is 682 Å². The van der Waals surface area contributed by atoms with Crippen molar-refractivity contribution in [1.29, 1.82) is 0 Å². The van der Waals surface area contributed by atoms with Crippen molar-refractivity contribution in [3.63, 3.8) is 0 Å². The standard InChI is InChI=1S/C21H34O4.C21H36O2.C20H32O4.C13H22O2.C11H22O2.C10H20O2/c1-7-19(5,6)16(22)25-21-11-14-8-15(12-21)10-20(9-14,13-21)17(23)24-18(2,3)4;1-8-18(3,4)17(22)23-20(7)11-12-21-13-16(20)19(5,6)15(21)10-9-14(21)2;1-5-19(2,3)18(22)23-7-6-17(21)24-20(4)15-9-13-8-14(11-15)12-16(20)10-13;1-5-12(2,3)11(14)15-13(4)9-7-6-8-10-13;1-7-10(3,4)9(12)13-11(5,6)8-2;1-7-10(5,6)8(11)12-9(2,3)4/h14-15H,7-13H2,1-6H3;14-16H,8-13H2,1-7H3;13-16H,5-12H2,1-4H3;6-7H,5,8-10H2,1-4H3;7-8H2,1-6H3;7H2,1-6H3. The average molecular weight is 1580 g/mol. The van der Waals surface area contributed by atoms with Crippen molar-refractivity contribution in [3.05, 3.63) is 12.2 Å². The smallest absolute Gasteiger partial charge is 0.312 e. The van der Waals surface area contributed by atoms with Gasteiger partial charge in [-0.05, 0) is 372 Å². The summed E-state index contributed by atoms with van der Waals surface area (Å²) < 4.78 is 45.8. The van der Waals surface area contributed by atoms with Crippen LogP contribution in [0.15, 0.2) is 12.2 Å². The van der Waals surface area contributed by atoms with Crippen LogP contribution in [-0.2, 0) is 76.3 Å². The van der Waals surface area contributed by atoms with E-state index in [0.29, 0.717) is 41.4 Å². The Morgan fingerprint density at radius 3 is 1.28 bits per heavy atom. The Hall–Kier alpha value is -4.50. The van der Waals surface area contributed by atoms with Gasteiger partial charge in [0.25, 0.3) is 0 Å². The van der Waals surface area contributed by atoms with Crippen molar-refractivity contribution < 1.29 is 76.3 Å². The molecule has 11 fully saturated rings. The second kappa shape index (κ2) is 36.4. The summed E-state index contributed by atoms with van der Waals surface area (Å²) in [6.07, 6.45) is 30.8. The lowest BCUT2D eigenvalue weighted by atomic mass is 9.48. The van der Waals surface area contributed by atoms with Crippen molar-refractivity contribution in [2.24, 2.45) is 102 Å². The molecule has 0 heterocycles. The topological polar surface area (TPSA) is 210 Å². The molecule has 646 valence electrons. The highest BCUT2D eigenvalue weighted by Crippen LogP contribution is 2.74. The molecule has 0 aromatic carbocycles. The highest BCUT2D eigenvalue weighted by molar-refractivity contribution is 5.80. The van der Waals surface area contributed by atoms with Crippen LogP contribution in [0.1, 0.15) is 402 Å². The summed E-state index contributed by atoms with van der Waals surface area (Å²) >= 11 is 0. The summed E-state index contributed by atoms with van der Waals surface area (Å²) in [4.78, 5) is 97.9. The zero-order valence-electron chi connectivity index (χ0n) is 77.7. The van der Waals surface area contributed by atoms with Crippen molar-refractivity contribution in [2.75, 3.05) is 6.61 Å². The van der Waals surface area contributed by atoms with Crippen molar-refractivity contribution in [3.8, 4) is 0 Å². The number of carbonyl (C=O) groups excluding carboxylic acids is 8. The third-order valence-corrected chi connectivity index (χ3v) is 30.0. The Morgan fingerprint density at radius 2 is 0.839 bits per heavy atom. The first-order chi connectivity index (χ1) is 51.0. The Kier molecular flexibility index (Phi) is 31.9. The predicted molar refractivity (Wildman–Crippen MR) is 447 cm³/mol. The maximum atomic E-state index is 13.0. The predicted octanol–water partition coefficient (Wildman–Crippen LogP) is 23.7. The minimum absolute atomic E-state index is 0.000595. The van der Waals surface area contributed by atoms with E-state index >= 15 is 0 Å². The first-order valence-corrected chi connectivity index (χ1v) is 44.4. The zero-order valence-corrected chi connectivity index (χ0v) is 77.7. The van der Waals surface area contributed by atoms with Crippen LogP contribution in [0, 0.1) is 102 Å². The van der Waals surface area contributed by atoms with E-state index in [1.54, 1.807) is 0 Å². The van der Waals surface area contributed by atoms with Gasteiger partial charge in [-0.3, -0.25) is 38.4 Å². The van der Waals surface area contributed by atoms with Gasteiger partial charge < -0.3 is 37.9 Å². The van der Waals surface area contributed by atoms with Crippen LogP contribution in [0.25, 0.3) is 0 Å². The fraction of sp³-hybridized carbons (Fsp3) is 0.896. The number of hydrogen-bond acceptors (Lipinski definition) is 16.